The minimum absolute atomic E-state index is 0.0188. The number of piperidine rings is 2. The van der Waals surface area contributed by atoms with Gasteiger partial charge in [0, 0.05) is 24.9 Å². The Morgan fingerprint density at radius 1 is 1.09 bits per heavy atom. The van der Waals surface area contributed by atoms with Crippen molar-refractivity contribution in [3.8, 4) is 0 Å². The highest BCUT2D eigenvalue weighted by Gasteiger charge is 2.61. The topological polar surface area (TPSA) is 143 Å². The van der Waals surface area contributed by atoms with E-state index in [0.29, 0.717) is 13.0 Å². The molecule has 45 heavy (non-hydrogen) atoms. The third kappa shape index (κ3) is 8.49. The molecule has 11 nitrogen and oxygen atoms in total. The van der Waals surface area contributed by atoms with Crippen molar-refractivity contribution in [2.45, 2.75) is 121 Å². The number of nitrogens with one attached hydrogen (secondary N) is 3. The Kier molecular flexibility index (Phi) is 10.7. The summed E-state index contributed by atoms with van der Waals surface area (Å²) in [5.74, 6) is -9.73. The van der Waals surface area contributed by atoms with Crippen molar-refractivity contribution in [3.05, 3.63) is 11.9 Å². The van der Waals surface area contributed by atoms with Crippen LogP contribution in [0.2, 0.25) is 0 Å². The number of alkyl carbamates (subject to hydrolysis) is 1. The van der Waals surface area contributed by atoms with Crippen molar-refractivity contribution in [2.24, 2.45) is 17.8 Å². The van der Waals surface area contributed by atoms with E-state index >= 15 is 8.78 Å². The number of ether oxygens (including phenoxy) is 2. The van der Waals surface area contributed by atoms with Gasteiger partial charge < -0.3 is 30.3 Å². The number of hydrogen-bond donors (Lipinski definition) is 3. The maximum atomic E-state index is 15.3. The number of carbonyl (C=O) groups excluding carboxylic acids is 5. The maximum Gasteiger partial charge on any atom is 0.408 e. The summed E-state index contributed by atoms with van der Waals surface area (Å²) in [7, 11) is 0. The summed E-state index contributed by atoms with van der Waals surface area (Å²) < 4.78 is 55.5. The normalized spacial score (nSPS) is 27.6. The SMILES string of the molecule is CCOC(=O)/C(F)=C/[C@H](C[C@@H]1CCNC1=O)NC(=O)[C@H]1[C@@H]2CC[C@@H](CC2(F)F)N1C(=O)[C@@H](CC1CCC1)NC(=O)OC(C)(C)C. The summed E-state index contributed by atoms with van der Waals surface area (Å²) in [6.45, 7) is 6.79. The Morgan fingerprint density at radius 2 is 1.80 bits per heavy atom. The first-order valence-electron chi connectivity index (χ1n) is 15.9. The molecule has 5 rings (SSSR count). The van der Waals surface area contributed by atoms with Gasteiger partial charge in [0.2, 0.25) is 23.5 Å². The molecule has 252 valence electrons. The van der Waals surface area contributed by atoms with E-state index in [0.717, 1.165) is 25.3 Å². The molecule has 14 heteroatoms. The van der Waals surface area contributed by atoms with Crippen LogP contribution in [-0.2, 0) is 28.7 Å². The molecular formula is C31H45F3N4O7. The molecule has 3 aliphatic heterocycles. The van der Waals surface area contributed by atoms with Crippen molar-refractivity contribution in [3.63, 3.8) is 0 Å². The molecule has 3 saturated heterocycles. The fraction of sp³-hybridized carbons (Fsp3) is 0.774. The van der Waals surface area contributed by atoms with E-state index in [-0.39, 0.29) is 44.1 Å². The molecule has 5 aliphatic rings. The van der Waals surface area contributed by atoms with Gasteiger partial charge >= 0.3 is 12.1 Å². The molecule has 2 saturated carbocycles. The number of halogens is 3. The molecule has 0 aromatic rings. The van der Waals surface area contributed by atoms with Crippen molar-refractivity contribution < 1.29 is 46.6 Å². The van der Waals surface area contributed by atoms with Crippen LogP contribution in [0.15, 0.2) is 11.9 Å². The van der Waals surface area contributed by atoms with Gasteiger partial charge in [-0.15, -0.1) is 0 Å². The zero-order valence-corrected chi connectivity index (χ0v) is 26.3. The first-order chi connectivity index (χ1) is 21.1. The first-order valence-corrected chi connectivity index (χ1v) is 15.9. The third-order valence-corrected chi connectivity index (χ3v) is 9.09. The van der Waals surface area contributed by atoms with Crippen LogP contribution in [0.25, 0.3) is 0 Å². The third-order valence-electron chi connectivity index (χ3n) is 9.09. The molecule has 3 N–H and O–H groups in total. The van der Waals surface area contributed by atoms with E-state index in [1.807, 2.05) is 0 Å². The fourth-order valence-electron chi connectivity index (χ4n) is 6.80. The standard InChI is InChI=1S/C31H45F3N4O7/c1-5-44-28(42)22(32)15-19(14-18-11-12-35-25(18)39)36-26(40)24-21-10-9-20(16-31(21,33)34)38(24)27(41)23(13-17-7-6-8-17)37-29(43)45-30(2,3)4/h15,17-21,23-24H,5-14,16H2,1-4H3,(H,35,39)(H,36,40)(H,37,43)/b22-15-/t18-,19-,20-,21-,23+,24+/m0/s1. The van der Waals surface area contributed by atoms with Gasteiger partial charge in [-0.25, -0.2) is 18.4 Å². The van der Waals surface area contributed by atoms with E-state index in [1.54, 1.807) is 20.8 Å². The molecule has 6 atom stereocenters. The van der Waals surface area contributed by atoms with Crippen molar-refractivity contribution in [1.82, 2.24) is 20.9 Å². The van der Waals surface area contributed by atoms with E-state index in [4.69, 9.17) is 9.47 Å². The van der Waals surface area contributed by atoms with E-state index in [2.05, 4.69) is 16.0 Å². The van der Waals surface area contributed by atoms with Gasteiger partial charge in [-0.1, -0.05) is 19.3 Å². The summed E-state index contributed by atoms with van der Waals surface area (Å²) in [4.78, 5) is 66.3. The zero-order valence-electron chi connectivity index (χ0n) is 26.3. The van der Waals surface area contributed by atoms with Gasteiger partial charge in [0.1, 0.15) is 17.7 Å². The number of alkyl halides is 2. The smallest absolute Gasteiger partial charge is 0.408 e. The number of amides is 4. The number of fused-ring (bicyclic) bond motifs is 3. The molecule has 0 aromatic carbocycles. The number of hydrogen-bond acceptors (Lipinski definition) is 7. The lowest BCUT2D eigenvalue weighted by Crippen LogP contribution is -2.70. The number of nitrogens with zero attached hydrogens (tertiary/aromatic N) is 1. The van der Waals surface area contributed by atoms with Crippen LogP contribution in [0.4, 0.5) is 18.0 Å². The fourth-order valence-corrected chi connectivity index (χ4v) is 6.80. The molecule has 0 spiro atoms. The Hall–Kier alpha value is -3.32. The Balaban J connectivity index is 1.62. The summed E-state index contributed by atoms with van der Waals surface area (Å²) >= 11 is 0. The molecule has 0 aromatic heterocycles. The van der Waals surface area contributed by atoms with Gasteiger partial charge in [-0.3, -0.25) is 14.4 Å². The number of esters is 1. The quantitative estimate of drug-likeness (QED) is 0.231. The van der Waals surface area contributed by atoms with E-state index < -0.39 is 83.7 Å². The summed E-state index contributed by atoms with van der Waals surface area (Å²) in [6.07, 6.45) is 2.83. The highest BCUT2D eigenvalue weighted by molar-refractivity contribution is 5.93. The predicted octanol–water partition coefficient (Wildman–Crippen LogP) is 3.51. The number of rotatable bonds is 11. The van der Waals surface area contributed by atoms with Crippen molar-refractivity contribution in [1.29, 1.82) is 0 Å². The lowest BCUT2D eigenvalue weighted by molar-refractivity contribution is -0.195. The first kappa shape index (κ1) is 34.6. The van der Waals surface area contributed by atoms with Crippen LogP contribution in [0, 0.1) is 17.8 Å². The van der Waals surface area contributed by atoms with Crippen LogP contribution in [0.5, 0.6) is 0 Å². The average Bonchev–Trinajstić information content (AvgIpc) is 3.31. The second kappa shape index (κ2) is 14.0. The molecule has 0 radical (unpaired) electrons. The summed E-state index contributed by atoms with van der Waals surface area (Å²) in [6, 6.07) is -4.92. The average molecular weight is 643 g/mol. The van der Waals surface area contributed by atoms with E-state index in [1.165, 1.54) is 11.8 Å². The maximum absolute atomic E-state index is 15.3. The highest BCUT2D eigenvalue weighted by Crippen LogP contribution is 2.49. The zero-order chi connectivity index (χ0) is 33.1. The van der Waals surface area contributed by atoms with Gasteiger partial charge in [0.15, 0.2) is 0 Å². The lowest BCUT2D eigenvalue weighted by Gasteiger charge is -2.54. The lowest BCUT2D eigenvalue weighted by atomic mass is 9.71. The second-order valence-electron chi connectivity index (χ2n) is 13.6. The minimum Gasteiger partial charge on any atom is -0.461 e. The minimum atomic E-state index is -3.25. The largest absolute Gasteiger partial charge is 0.461 e. The van der Waals surface area contributed by atoms with Crippen LogP contribution in [-0.4, -0.2) is 83.5 Å². The second-order valence-corrected chi connectivity index (χ2v) is 13.6. The van der Waals surface area contributed by atoms with Crippen LogP contribution in [0.1, 0.15) is 85.5 Å². The summed E-state index contributed by atoms with van der Waals surface area (Å²) in [5.41, 5.74) is -0.847. The van der Waals surface area contributed by atoms with Crippen LogP contribution < -0.4 is 16.0 Å². The number of carbonyl (C=O) groups is 5. The molecule has 0 unspecified atom stereocenters. The Labute approximate surface area is 261 Å². The Bertz CT molecular complexity index is 1190. The highest BCUT2D eigenvalue weighted by atomic mass is 19.3. The summed E-state index contributed by atoms with van der Waals surface area (Å²) in [5, 5.41) is 7.84. The molecule has 4 amide bonds. The van der Waals surface area contributed by atoms with Gasteiger partial charge in [-0.2, -0.15) is 4.39 Å². The van der Waals surface area contributed by atoms with Gasteiger partial charge in [0.05, 0.1) is 18.6 Å². The molecule has 2 aliphatic carbocycles. The monoisotopic (exact) mass is 642 g/mol. The van der Waals surface area contributed by atoms with E-state index in [9.17, 15) is 28.4 Å². The van der Waals surface area contributed by atoms with Crippen LogP contribution >= 0.6 is 0 Å². The Morgan fingerprint density at radius 3 is 2.36 bits per heavy atom. The van der Waals surface area contributed by atoms with Crippen molar-refractivity contribution >= 4 is 29.8 Å². The predicted molar refractivity (Wildman–Crippen MR) is 155 cm³/mol. The van der Waals surface area contributed by atoms with Crippen molar-refractivity contribution in [2.75, 3.05) is 13.2 Å². The molecule has 5 fully saturated rings. The molecule has 3 heterocycles. The molecular weight excluding hydrogens is 597 g/mol. The van der Waals surface area contributed by atoms with Crippen LogP contribution in [0.3, 0.4) is 0 Å². The van der Waals surface area contributed by atoms with Gasteiger partial charge in [0.25, 0.3) is 5.92 Å². The van der Waals surface area contributed by atoms with Gasteiger partial charge in [-0.05, 0) is 71.8 Å². The molecule has 2 bridgehead atoms.